The molecule has 0 bridgehead atoms. The van der Waals surface area contributed by atoms with Crippen LogP contribution in [0, 0.1) is 0 Å². The third-order valence-electron chi connectivity index (χ3n) is 8.12. The van der Waals surface area contributed by atoms with E-state index in [0.29, 0.717) is 38.0 Å². The molecule has 0 aromatic carbocycles. The number of carbonyl (C=O) groups is 4. The molecule has 0 rings (SSSR count). The predicted octanol–water partition coefficient (Wildman–Crippen LogP) is 11.0. The fraction of sp³-hybridized carbons (Fsp3) is 0.481. The first-order valence-electron chi connectivity index (χ1n) is 22.7. The maximum absolute atomic E-state index is 11.8. The number of rotatable bonds is 39. The zero-order valence-electron chi connectivity index (χ0n) is 40.4. The third-order valence-corrected chi connectivity index (χ3v) is 10.2. The Bertz CT molecular complexity index is 1480. The summed E-state index contributed by atoms with van der Waals surface area (Å²) in [6, 6.07) is 0. The minimum absolute atomic E-state index is 0. The van der Waals surface area contributed by atoms with Crippen molar-refractivity contribution in [2.24, 2.45) is 0 Å². The summed E-state index contributed by atoms with van der Waals surface area (Å²) in [5.74, 6) is 1.51. The van der Waals surface area contributed by atoms with E-state index in [-0.39, 0.29) is 53.1 Å². The number of Topliss-reactive ketones (excluding diaryl/α,β-unsaturated/α-hetero) is 2. The van der Waals surface area contributed by atoms with Crippen LogP contribution in [0.3, 0.4) is 0 Å². The van der Waals surface area contributed by atoms with Crippen LogP contribution in [0.5, 0.6) is 0 Å². The van der Waals surface area contributed by atoms with Crippen LogP contribution < -0.4 is 18.9 Å². The summed E-state index contributed by atoms with van der Waals surface area (Å²) in [6.07, 6.45) is 66.9. The number of thioether (sulfide) groups is 2. The largest absolute Gasteiger partial charge is 1.00 e. The molecule has 8 nitrogen and oxygen atoms in total. The van der Waals surface area contributed by atoms with Gasteiger partial charge in [0.25, 0.3) is 0 Å². The number of hydrogen-bond donors (Lipinski definition) is 1. The Morgan fingerprint density at radius 1 is 0.431 bits per heavy atom. The molecular weight excluding hydrogens is 848 g/mol. The van der Waals surface area contributed by atoms with Crippen LogP contribution in [0.2, 0.25) is 0 Å². The van der Waals surface area contributed by atoms with Crippen LogP contribution in [-0.2, 0) is 23.9 Å². The van der Waals surface area contributed by atoms with Crippen LogP contribution in [-0.4, -0.2) is 69.2 Å². The summed E-state index contributed by atoms with van der Waals surface area (Å²) in [5, 5.41) is 8.53. The second kappa shape index (κ2) is 62.5. The van der Waals surface area contributed by atoms with Crippen molar-refractivity contribution < 1.29 is 58.8 Å². The van der Waals surface area contributed by atoms with Gasteiger partial charge in [0.05, 0.1) is 18.1 Å². The number of aliphatic carboxylic acids is 1. The van der Waals surface area contributed by atoms with Crippen molar-refractivity contribution in [3.63, 3.8) is 0 Å². The van der Waals surface area contributed by atoms with Crippen LogP contribution in [0.15, 0.2) is 146 Å². The van der Waals surface area contributed by atoms with Gasteiger partial charge < -0.3 is 20.8 Å². The molecule has 0 saturated heterocycles. The molecule has 0 aliphatic rings. The molecule has 11 heteroatoms. The van der Waals surface area contributed by atoms with Gasteiger partial charge in [-0.05, 0) is 108 Å². The summed E-state index contributed by atoms with van der Waals surface area (Å²) in [4.78, 5) is 45.1. The number of ketones is 2. The predicted molar refractivity (Wildman–Crippen MR) is 279 cm³/mol. The average molecular weight is 931 g/mol. The Morgan fingerprint density at radius 3 is 0.954 bits per heavy atom. The van der Waals surface area contributed by atoms with E-state index in [1.165, 1.54) is 23.5 Å². The number of carbonyl (C=O) groups excluding carboxylic acids is 3. The second-order valence-electron chi connectivity index (χ2n) is 13.8. The van der Waals surface area contributed by atoms with Crippen molar-refractivity contribution in [1.29, 1.82) is 0 Å². The number of carboxylic acid groups (broad SMARTS) is 1. The standard InChI is InChI=1S/C28H42O3S.C26H38O3S.Li.2H2O/c1-3-5-6-7-8-9-10-11-12-13-14-15-16-17-18-19-20-21-23-27(29)24-22-25-32-26-28(30)31-4-2;1-2-3-4-5-6-7-8-9-10-11-12-13-14-15-16-17-18-19-21-25(27)22-20-23-30-24-26(28)29;;;/h5-6,8-9,11-12,14-15,17-18,20-21H,3-4,7,10,13,16,19,22-26H2,1-2H3;3-4,6-7,9-10,12-13,15-16,18-19H,2,5,8,11,14,17,20-24H2,1H3,(H,28,29);;2*1H2/q;;+1;;/p-1/b6-5-,9-8-,12-11-,15-14-,18-17-,21-20-;4-3-,7-6-,10-9-,13-12-,16-15-,19-18-;;;. The molecule has 0 heterocycles. The molecule has 0 atom stereocenters. The minimum atomic E-state index is -0.802. The number of hydrogen-bond acceptors (Lipinski definition) is 8. The Labute approximate surface area is 415 Å². The van der Waals surface area contributed by atoms with Crippen molar-refractivity contribution >= 4 is 47.0 Å². The van der Waals surface area contributed by atoms with E-state index >= 15 is 0 Å². The van der Waals surface area contributed by atoms with Crippen LogP contribution in [0.1, 0.15) is 136 Å². The van der Waals surface area contributed by atoms with Crippen molar-refractivity contribution in [3.8, 4) is 0 Å². The molecule has 0 radical (unpaired) electrons. The summed E-state index contributed by atoms with van der Waals surface area (Å²) in [6.45, 7) is 6.52. The zero-order chi connectivity index (χ0) is 45.7. The fourth-order valence-corrected chi connectivity index (χ4v) is 6.35. The van der Waals surface area contributed by atoms with Gasteiger partial charge in [0.2, 0.25) is 0 Å². The van der Waals surface area contributed by atoms with E-state index in [4.69, 9.17) is 9.84 Å². The van der Waals surface area contributed by atoms with Crippen molar-refractivity contribution in [3.05, 3.63) is 146 Å². The van der Waals surface area contributed by atoms with Crippen molar-refractivity contribution in [1.82, 2.24) is 0 Å². The first-order chi connectivity index (χ1) is 30.4. The molecule has 0 amide bonds. The van der Waals surface area contributed by atoms with Gasteiger partial charge in [0.1, 0.15) is 11.6 Å². The van der Waals surface area contributed by atoms with E-state index in [2.05, 4.69) is 135 Å². The molecule has 0 aliphatic heterocycles. The molecule has 0 unspecified atom stereocenters. The van der Waals surface area contributed by atoms with Gasteiger partial charge >= 0.3 is 30.8 Å². The van der Waals surface area contributed by atoms with Crippen molar-refractivity contribution in [2.75, 3.05) is 29.6 Å². The van der Waals surface area contributed by atoms with Crippen LogP contribution in [0.4, 0.5) is 0 Å². The zero-order valence-corrected chi connectivity index (χ0v) is 42.0. The van der Waals surface area contributed by atoms with Gasteiger partial charge in [-0.25, -0.2) is 0 Å². The van der Waals surface area contributed by atoms with Gasteiger partial charge in [-0.1, -0.05) is 160 Å². The second-order valence-corrected chi connectivity index (χ2v) is 16.0. The van der Waals surface area contributed by atoms with Crippen LogP contribution in [0.25, 0.3) is 0 Å². The van der Waals surface area contributed by atoms with E-state index in [9.17, 15) is 19.2 Å². The molecule has 360 valence electrons. The van der Waals surface area contributed by atoms with Gasteiger partial charge in [-0.2, -0.15) is 23.5 Å². The molecule has 0 saturated carbocycles. The van der Waals surface area contributed by atoms with Crippen molar-refractivity contribution in [2.45, 2.75) is 136 Å². The third kappa shape index (κ3) is 67.1. The van der Waals surface area contributed by atoms with E-state index in [0.717, 1.165) is 101 Å². The molecule has 4 N–H and O–H groups in total. The monoisotopic (exact) mass is 931 g/mol. The molecule has 0 aliphatic carbocycles. The first-order valence-corrected chi connectivity index (χ1v) is 25.0. The maximum atomic E-state index is 11.8. The topological polar surface area (TPSA) is 159 Å². The minimum Gasteiger partial charge on any atom is -0.870 e. The summed E-state index contributed by atoms with van der Waals surface area (Å²) < 4.78 is 4.86. The quantitative estimate of drug-likeness (QED) is 0.0274. The molecule has 0 aromatic rings. The molecule has 0 spiro atoms. The average Bonchev–Trinajstić information content (AvgIpc) is 3.25. The fourth-order valence-electron chi connectivity index (χ4n) is 4.94. The Balaban J connectivity index is -0.000000354. The van der Waals surface area contributed by atoms with E-state index in [1.807, 2.05) is 24.3 Å². The van der Waals surface area contributed by atoms with Gasteiger partial charge in [0.15, 0.2) is 0 Å². The van der Waals surface area contributed by atoms with E-state index in [1.54, 1.807) is 6.92 Å². The molecular formula is C54H83LiO8S2. The molecule has 65 heavy (non-hydrogen) atoms. The van der Waals surface area contributed by atoms with Gasteiger partial charge in [-0.15, -0.1) is 0 Å². The summed E-state index contributed by atoms with van der Waals surface area (Å²) in [7, 11) is 0. The normalized spacial score (nSPS) is 12.0. The van der Waals surface area contributed by atoms with Crippen LogP contribution >= 0.6 is 23.5 Å². The number of carboxylic acids is 1. The Morgan fingerprint density at radius 2 is 0.692 bits per heavy atom. The van der Waals surface area contributed by atoms with E-state index < -0.39 is 5.97 Å². The number of ether oxygens (including phenoxy) is 1. The smallest absolute Gasteiger partial charge is 0.870 e. The molecule has 0 aromatic heterocycles. The number of allylic oxidation sites excluding steroid dienone is 24. The van der Waals surface area contributed by atoms with Gasteiger partial charge in [0, 0.05) is 25.7 Å². The van der Waals surface area contributed by atoms with Gasteiger partial charge in [-0.3, -0.25) is 19.2 Å². The first kappa shape index (κ1) is 70.4. The maximum Gasteiger partial charge on any atom is 1.00 e. The summed E-state index contributed by atoms with van der Waals surface area (Å²) >= 11 is 2.89. The Hall–Kier alpha value is -3.62. The summed E-state index contributed by atoms with van der Waals surface area (Å²) in [5.41, 5.74) is 0. The number of esters is 1. The Kier molecular flexibility index (Phi) is 67.6. The SMILES string of the molecule is CC/C=C\C/C=C\C/C=C\C/C=C\C/C=C\C/C=C\CC(=O)CCCSCC(=O)O.CC/C=C\C/C=C\C/C=C\C/C=C\C/C=C\C/C=C\CC(=O)CCCSCC(=O)OCC.O.[Li+].[OH-]. The molecule has 0 fully saturated rings.